The zero-order valence-corrected chi connectivity index (χ0v) is 19.1. The predicted octanol–water partition coefficient (Wildman–Crippen LogP) is 2.70. The van der Waals surface area contributed by atoms with E-state index in [0.717, 1.165) is 49.7 Å². The van der Waals surface area contributed by atoms with Crippen LogP contribution < -0.4 is 5.32 Å². The number of ether oxygens (including phenoxy) is 1. The average Bonchev–Trinajstić information content (AvgIpc) is 2.80. The Morgan fingerprint density at radius 1 is 0.938 bits per heavy atom. The quantitative estimate of drug-likeness (QED) is 0.692. The van der Waals surface area contributed by atoms with Crippen molar-refractivity contribution in [2.45, 2.75) is 25.1 Å². The number of morpholine rings is 1. The van der Waals surface area contributed by atoms with Crippen LogP contribution in [0.25, 0.3) is 0 Å². The molecule has 0 radical (unpaired) electrons. The second-order valence-electron chi connectivity index (χ2n) is 8.49. The maximum absolute atomic E-state index is 12.8. The smallest absolute Gasteiger partial charge is 0.227 e. The first-order valence-corrected chi connectivity index (χ1v) is 12.8. The molecule has 0 aliphatic carbocycles. The summed E-state index contributed by atoms with van der Waals surface area (Å²) < 4.78 is 32.4. The van der Waals surface area contributed by atoms with Crippen molar-refractivity contribution in [1.82, 2.24) is 9.21 Å². The van der Waals surface area contributed by atoms with Crippen molar-refractivity contribution in [1.29, 1.82) is 0 Å². The van der Waals surface area contributed by atoms with Gasteiger partial charge in [0.15, 0.2) is 0 Å². The van der Waals surface area contributed by atoms with E-state index in [9.17, 15) is 13.2 Å². The van der Waals surface area contributed by atoms with Gasteiger partial charge in [0.05, 0.1) is 19.0 Å². The van der Waals surface area contributed by atoms with Crippen LogP contribution in [0.2, 0.25) is 0 Å². The summed E-state index contributed by atoms with van der Waals surface area (Å²) in [6.07, 6.45) is 1.07. The fourth-order valence-corrected chi connectivity index (χ4v) is 5.84. The van der Waals surface area contributed by atoms with Crippen LogP contribution in [0.15, 0.2) is 54.6 Å². The number of carbonyl (C=O) groups excluding carboxylic acids is 1. The molecule has 172 valence electrons. The molecule has 8 heteroatoms. The van der Waals surface area contributed by atoms with Gasteiger partial charge in [-0.25, -0.2) is 12.7 Å². The number of sulfonamides is 1. The molecule has 7 nitrogen and oxygen atoms in total. The van der Waals surface area contributed by atoms with Gasteiger partial charge >= 0.3 is 0 Å². The van der Waals surface area contributed by atoms with Crippen LogP contribution in [-0.4, -0.2) is 62.9 Å². The SMILES string of the molecule is O=C(Nc1cccc(CN2CCOCC2)c1)C1CCN(S(=O)(=O)Cc2ccccc2)CC1. The van der Waals surface area contributed by atoms with Crippen LogP contribution in [-0.2, 0) is 31.9 Å². The van der Waals surface area contributed by atoms with Gasteiger partial charge in [0.2, 0.25) is 15.9 Å². The molecule has 0 spiro atoms. The Bertz CT molecular complexity index is 999. The van der Waals surface area contributed by atoms with Crippen LogP contribution >= 0.6 is 0 Å². The van der Waals surface area contributed by atoms with E-state index in [2.05, 4.69) is 16.3 Å². The zero-order chi connectivity index (χ0) is 22.4. The highest BCUT2D eigenvalue weighted by Crippen LogP contribution is 2.23. The largest absolute Gasteiger partial charge is 0.379 e. The number of nitrogens with one attached hydrogen (secondary N) is 1. The molecular weight excluding hydrogens is 426 g/mol. The molecule has 1 amide bonds. The molecule has 4 rings (SSSR count). The van der Waals surface area contributed by atoms with Gasteiger partial charge in [-0.1, -0.05) is 42.5 Å². The van der Waals surface area contributed by atoms with Gasteiger partial charge in [0.25, 0.3) is 0 Å². The number of hydrogen-bond donors (Lipinski definition) is 1. The van der Waals surface area contributed by atoms with E-state index in [1.54, 1.807) is 0 Å². The number of benzene rings is 2. The third kappa shape index (κ3) is 6.16. The van der Waals surface area contributed by atoms with Gasteiger partial charge in [0.1, 0.15) is 0 Å². The summed E-state index contributed by atoms with van der Waals surface area (Å²) in [5.41, 5.74) is 2.73. The molecule has 0 unspecified atom stereocenters. The van der Waals surface area contributed by atoms with Gasteiger partial charge < -0.3 is 10.1 Å². The van der Waals surface area contributed by atoms with Gasteiger partial charge in [-0.05, 0) is 36.1 Å². The number of rotatable bonds is 7. The summed E-state index contributed by atoms with van der Waals surface area (Å²) in [7, 11) is -3.38. The molecule has 0 aromatic heterocycles. The van der Waals surface area contributed by atoms with E-state index >= 15 is 0 Å². The summed E-state index contributed by atoms with van der Waals surface area (Å²) >= 11 is 0. The average molecular weight is 458 g/mol. The van der Waals surface area contributed by atoms with Crippen LogP contribution in [0.4, 0.5) is 5.69 Å². The number of carbonyl (C=O) groups is 1. The minimum absolute atomic E-state index is 0.000633. The van der Waals surface area contributed by atoms with Crippen molar-refractivity contribution in [3.8, 4) is 0 Å². The minimum Gasteiger partial charge on any atom is -0.379 e. The van der Waals surface area contributed by atoms with Crippen molar-refractivity contribution in [2.75, 3.05) is 44.7 Å². The molecule has 0 bridgehead atoms. The third-order valence-corrected chi connectivity index (χ3v) is 7.96. The molecule has 2 aliphatic heterocycles. The summed E-state index contributed by atoms with van der Waals surface area (Å²) in [5.74, 6) is -0.213. The fourth-order valence-electron chi connectivity index (χ4n) is 4.28. The molecular formula is C24H31N3O4S. The first-order chi connectivity index (χ1) is 15.5. The molecule has 2 heterocycles. The van der Waals surface area contributed by atoms with Crippen molar-refractivity contribution in [2.24, 2.45) is 5.92 Å². The van der Waals surface area contributed by atoms with E-state index in [1.807, 2.05) is 48.5 Å². The lowest BCUT2D eigenvalue weighted by Gasteiger charge is -2.30. The lowest BCUT2D eigenvalue weighted by atomic mass is 9.97. The van der Waals surface area contributed by atoms with Crippen molar-refractivity contribution in [3.63, 3.8) is 0 Å². The van der Waals surface area contributed by atoms with E-state index in [-0.39, 0.29) is 17.6 Å². The highest BCUT2D eigenvalue weighted by Gasteiger charge is 2.31. The second kappa shape index (κ2) is 10.6. The highest BCUT2D eigenvalue weighted by molar-refractivity contribution is 7.88. The lowest BCUT2D eigenvalue weighted by Crippen LogP contribution is -2.41. The van der Waals surface area contributed by atoms with Crippen LogP contribution in [0, 0.1) is 5.92 Å². The first kappa shape index (κ1) is 22.9. The highest BCUT2D eigenvalue weighted by atomic mass is 32.2. The van der Waals surface area contributed by atoms with E-state index in [0.29, 0.717) is 25.9 Å². The Balaban J connectivity index is 1.28. The molecule has 0 saturated carbocycles. The van der Waals surface area contributed by atoms with Crippen molar-refractivity contribution < 1.29 is 17.9 Å². The second-order valence-corrected chi connectivity index (χ2v) is 10.5. The molecule has 2 aliphatic rings. The molecule has 2 aromatic rings. The maximum atomic E-state index is 12.8. The van der Waals surface area contributed by atoms with Crippen LogP contribution in [0.5, 0.6) is 0 Å². The lowest BCUT2D eigenvalue weighted by molar-refractivity contribution is -0.120. The van der Waals surface area contributed by atoms with Gasteiger partial charge in [0, 0.05) is 44.3 Å². The Hall–Kier alpha value is -2.26. The van der Waals surface area contributed by atoms with E-state index < -0.39 is 10.0 Å². The first-order valence-electron chi connectivity index (χ1n) is 11.2. The van der Waals surface area contributed by atoms with Crippen LogP contribution in [0.3, 0.4) is 0 Å². The number of hydrogen-bond acceptors (Lipinski definition) is 5. The predicted molar refractivity (Wildman–Crippen MR) is 125 cm³/mol. The minimum atomic E-state index is -3.38. The molecule has 2 aromatic carbocycles. The van der Waals surface area contributed by atoms with E-state index in [1.165, 1.54) is 4.31 Å². The Morgan fingerprint density at radius 3 is 2.34 bits per heavy atom. The summed E-state index contributed by atoms with van der Waals surface area (Å²) in [6.45, 7) is 4.95. The normalized spacial score (nSPS) is 19.0. The maximum Gasteiger partial charge on any atom is 0.227 e. The number of piperidine rings is 1. The molecule has 32 heavy (non-hydrogen) atoms. The Kier molecular flexibility index (Phi) is 7.57. The summed E-state index contributed by atoms with van der Waals surface area (Å²) in [4.78, 5) is 15.2. The Morgan fingerprint density at radius 2 is 1.62 bits per heavy atom. The fraction of sp³-hybridized carbons (Fsp3) is 0.458. The van der Waals surface area contributed by atoms with Crippen LogP contribution in [0.1, 0.15) is 24.0 Å². The number of nitrogens with zero attached hydrogens (tertiary/aromatic N) is 2. The summed E-state index contributed by atoms with van der Waals surface area (Å²) in [5, 5.41) is 3.03. The molecule has 1 N–H and O–H groups in total. The summed E-state index contributed by atoms with van der Waals surface area (Å²) in [6, 6.07) is 17.2. The topological polar surface area (TPSA) is 79.0 Å². The van der Waals surface area contributed by atoms with Crippen molar-refractivity contribution >= 4 is 21.6 Å². The monoisotopic (exact) mass is 457 g/mol. The number of amides is 1. The van der Waals surface area contributed by atoms with Gasteiger partial charge in [-0.2, -0.15) is 0 Å². The van der Waals surface area contributed by atoms with Crippen molar-refractivity contribution in [3.05, 3.63) is 65.7 Å². The Labute approximate surface area is 190 Å². The molecule has 2 saturated heterocycles. The van der Waals surface area contributed by atoms with Gasteiger partial charge in [-0.15, -0.1) is 0 Å². The van der Waals surface area contributed by atoms with Gasteiger partial charge in [-0.3, -0.25) is 9.69 Å². The van der Waals surface area contributed by atoms with E-state index in [4.69, 9.17) is 4.74 Å². The zero-order valence-electron chi connectivity index (χ0n) is 18.3. The molecule has 0 atom stereocenters. The number of anilines is 1. The molecule has 2 fully saturated rings. The standard InChI is InChI=1S/C24H31N3O4S/c28-24(25-23-8-4-7-21(17-23)18-26-13-15-31-16-14-26)22-9-11-27(12-10-22)32(29,30)19-20-5-2-1-3-6-20/h1-8,17,22H,9-16,18-19H2,(H,25,28). The third-order valence-electron chi connectivity index (χ3n) is 6.11.